The van der Waals surface area contributed by atoms with Crippen molar-refractivity contribution in [2.24, 2.45) is 5.92 Å². The molecule has 150 valence electrons. The Morgan fingerprint density at radius 1 is 1.17 bits per heavy atom. The van der Waals surface area contributed by atoms with Crippen molar-refractivity contribution < 1.29 is 19.4 Å². The molecule has 3 aromatic rings. The van der Waals surface area contributed by atoms with Gasteiger partial charge in [0.15, 0.2) is 11.5 Å². The second-order valence-corrected chi connectivity index (χ2v) is 8.74. The predicted molar refractivity (Wildman–Crippen MR) is 110 cm³/mol. The van der Waals surface area contributed by atoms with Gasteiger partial charge in [0.25, 0.3) is 0 Å². The Morgan fingerprint density at radius 3 is 2.76 bits per heavy atom. The zero-order valence-electron chi connectivity index (χ0n) is 16.2. The minimum absolute atomic E-state index is 0.230. The molecular formula is C22H22N2O4S. The molecule has 0 amide bonds. The second-order valence-electron chi connectivity index (χ2n) is 7.88. The highest BCUT2D eigenvalue weighted by molar-refractivity contribution is 7.16. The van der Waals surface area contributed by atoms with Crippen molar-refractivity contribution in [3.8, 4) is 11.5 Å². The number of carboxylic acid groups (broad SMARTS) is 1. The number of benzene rings is 1. The maximum absolute atomic E-state index is 11.3. The number of aryl methyl sites for hydroxylation is 1. The van der Waals surface area contributed by atoms with Crippen LogP contribution in [0.5, 0.6) is 11.5 Å². The van der Waals surface area contributed by atoms with Gasteiger partial charge in [-0.1, -0.05) is 6.07 Å². The third-order valence-electron chi connectivity index (χ3n) is 5.96. The van der Waals surface area contributed by atoms with E-state index in [9.17, 15) is 9.90 Å². The molecule has 2 aliphatic rings. The number of hydrogen-bond acceptors (Lipinski definition) is 6. The van der Waals surface area contributed by atoms with Gasteiger partial charge in [-0.2, -0.15) is 0 Å². The summed E-state index contributed by atoms with van der Waals surface area (Å²) in [5, 5.41) is 12.5. The van der Waals surface area contributed by atoms with E-state index in [0.717, 1.165) is 51.6 Å². The average molecular weight is 410 g/mol. The summed E-state index contributed by atoms with van der Waals surface area (Å²) in [4.78, 5) is 22.1. The van der Waals surface area contributed by atoms with Gasteiger partial charge in [0.05, 0.1) is 11.6 Å². The first-order chi connectivity index (χ1) is 14.1. The van der Waals surface area contributed by atoms with Gasteiger partial charge in [-0.25, -0.2) is 9.97 Å². The van der Waals surface area contributed by atoms with Gasteiger partial charge in [-0.05, 0) is 61.2 Å². The summed E-state index contributed by atoms with van der Waals surface area (Å²) in [6, 6.07) is 6.03. The van der Waals surface area contributed by atoms with Gasteiger partial charge < -0.3 is 14.6 Å². The number of carbonyl (C=O) groups is 1. The Hall–Kier alpha value is -2.67. The Balaban J connectivity index is 1.48. The molecule has 3 heterocycles. The highest BCUT2D eigenvalue weighted by Gasteiger charge is 2.29. The maximum Gasteiger partial charge on any atom is 0.306 e. The lowest BCUT2D eigenvalue weighted by molar-refractivity contribution is -0.142. The van der Waals surface area contributed by atoms with Crippen LogP contribution in [0, 0.1) is 12.8 Å². The topological polar surface area (TPSA) is 81.5 Å². The Kier molecular flexibility index (Phi) is 4.62. The van der Waals surface area contributed by atoms with Gasteiger partial charge in [0.1, 0.15) is 10.7 Å². The van der Waals surface area contributed by atoms with Crippen molar-refractivity contribution >= 4 is 27.5 Å². The first kappa shape index (κ1) is 18.4. The Labute approximate surface area is 172 Å². The highest BCUT2D eigenvalue weighted by Crippen LogP contribution is 2.38. The van der Waals surface area contributed by atoms with Crippen LogP contribution in [0.25, 0.3) is 10.2 Å². The minimum Gasteiger partial charge on any atom is -0.481 e. The van der Waals surface area contributed by atoms with Gasteiger partial charge in [0, 0.05) is 17.7 Å². The van der Waals surface area contributed by atoms with E-state index in [1.807, 2.05) is 12.1 Å². The number of aromatic nitrogens is 2. The molecule has 1 aliphatic carbocycles. The minimum atomic E-state index is -0.683. The van der Waals surface area contributed by atoms with E-state index < -0.39 is 5.97 Å². The molecule has 0 atom stereocenters. The number of rotatable bonds is 4. The lowest BCUT2D eigenvalue weighted by atomic mass is 9.81. The predicted octanol–water partition coefficient (Wildman–Crippen LogP) is 4.68. The van der Waals surface area contributed by atoms with E-state index in [1.165, 1.54) is 5.56 Å². The van der Waals surface area contributed by atoms with Crippen LogP contribution in [0.15, 0.2) is 23.6 Å². The van der Waals surface area contributed by atoms with Gasteiger partial charge in [-0.15, -0.1) is 11.3 Å². The summed E-state index contributed by atoms with van der Waals surface area (Å²) in [7, 11) is 0. The lowest BCUT2D eigenvalue weighted by Gasteiger charge is -2.25. The fourth-order valence-corrected chi connectivity index (χ4v) is 5.29. The Bertz CT molecular complexity index is 1090. The zero-order valence-corrected chi connectivity index (χ0v) is 17.0. The van der Waals surface area contributed by atoms with Crippen LogP contribution in [0.4, 0.5) is 0 Å². The molecule has 1 aliphatic heterocycles. The van der Waals surface area contributed by atoms with Crippen molar-refractivity contribution in [3.05, 3.63) is 46.2 Å². The normalized spacial score (nSPS) is 20.9. The molecule has 1 aromatic carbocycles. The summed E-state index contributed by atoms with van der Waals surface area (Å²) in [6.07, 6.45) is 3.75. The highest BCUT2D eigenvalue weighted by atomic mass is 32.1. The maximum atomic E-state index is 11.3. The fourth-order valence-electron chi connectivity index (χ4n) is 4.34. The second kappa shape index (κ2) is 7.30. The number of carboxylic acids is 1. The number of fused-ring (bicyclic) bond motifs is 2. The van der Waals surface area contributed by atoms with E-state index in [0.29, 0.717) is 19.3 Å². The molecule has 1 saturated carbocycles. The van der Waals surface area contributed by atoms with E-state index in [-0.39, 0.29) is 18.6 Å². The molecule has 1 fully saturated rings. The van der Waals surface area contributed by atoms with Crippen LogP contribution >= 0.6 is 11.3 Å². The number of aliphatic carboxylic acids is 1. The molecule has 0 unspecified atom stereocenters. The van der Waals surface area contributed by atoms with Crippen LogP contribution in [0.3, 0.4) is 0 Å². The largest absolute Gasteiger partial charge is 0.481 e. The van der Waals surface area contributed by atoms with Crippen molar-refractivity contribution in [1.82, 2.24) is 9.97 Å². The van der Waals surface area contributed by atoms with E-state index in [1.54, 1.807) is 11.3 Å². The molecule has 29 heavy (non-hydrogen) atoms. The van der Waals surface area contributed by atoms with E-state index in [2.05, 4.69) is 18.4 Å². The summed E-state index contributed by atoms with van der Waals surface area (Å²) in [5.74, 6) is 1.74. The van der Waals surface area contributed by atoms with E-state index >= 15 is 0 Å². The SMILES string of the molecule is Cc1csc2nc(C3CCC(C(=O)O)CC3)nc(Cc3ccc4c(c3)OCO4)c12. The van der Waals surface area contributed by atoms with Crippen LogP contribution in [0.2, 0.25) is 0 Å². The number of thiophene rings is 1. The number of hydrogen-bond donors (Lipinski definition) is 1. The summed E-state index contributed by atoms with van der Waals surface area (Å²) >= 11 is 1.65. The van der Waals surface area contributed by atoms with Gasteiger partial charge in [-0.3, -0.25) is 4.79 Å². The molecule has 2 aromatic heterocycles. The molecule has 0 bridgehead atoms. The zero-order chi connectivity index (χ0) is 20.0. The first-order valence-corrected chi connectivity index (χ1v) is 10.8. The van der Waals surface area contributed by atoms with Crippen molar-refractivity contribution in [2.75, 3.05) is 6.79 Å². The third kappa shape index (κ3) is 3.44. The number of ether oxygens (including phenoxy) is 2. The summed E-state index contributed by atoms with van der Waals surface area (Å²) in [5.41, 5.74) is 3.35. The van der Waals surface area contributed by atoms with Gasteiger partial charge >= 0.3 is 5.97 Å². The molecule has 5 rings (SSSR count). The third-order valence-corrected chi connectivity index (χ3v) is 6.95. The molecule has 0 spiro atoms. The van der Waals surface area contributed by atoms with Crippen LogP contribution in [-0.4, -0.2) is 27.8 Å². The Morgan fingerprint density at radius 2 is 1.97 bits per heavy atom. The molecule has 0 saturated heterocycles. The number of nitrogens with zero attached hydrogens (tertiary/aromatic N) is 2. The fraction of sp³-hybridized carbons (Fsp3) is 0.409. The standard InChI is InChI=1S/C22H22N2O4S/c1-12-10-29-21-19(12)16(8-13-2-7-17-18(9-13)28-11-27-17)23-20(24-21)14-3-5-15(6-4-14)22(25)26/h2,7,9-10,14-15H,3-6,8,11H2,1H3,(H,25,26). The van der Waals surface area contributed by atoms with Crippen LogP contribution < -0.4 is 9.47 Å². The molecule has 7 heteroatoms. The van der Waals surface area contributed by atoms with Crippen LogP contribution in [-0.2, 0) is 11.2 Å². The van der Waals surface area contributed by atoms with Crippen molar-refractivity contribution in [1.29, 1.82) is 0 Å². The smallest absolute Gasteiger partial charge is 0.306 e. The van der Waals surface area contributed by atoms with Crippen LogP contribution in [0.1, 0.15) is 54.2 Å². The molecule has 6 nitrogen and oxygen atoms in total. The summed E-state index contributed by atoms with van der Waals surface area (Å²) in [6.45, 7) is 2.37. The lowest BCUT2D eigenvalue weighted by Crippen LogP contribution is -2.21. The quantitative estimate of drug-likeness (QED) is 0.673. The average Bonchev–Trinajstić information content (AvgIpc) is 3.34. The van der Waals surface area contributed by atoms with Gasteiger partial charge in [0.2, 0.25) is 6.79 Å². The molecular weight excluding hydrogens is 388 g/mol. The summed E-state index contributed by atoms with van der Waals surface area (Å²) < 4.78 is 10.9. The molecule has 1 N–H and O–H groups in total. The molecule has 0 radical (unpaired) electrons. The van der Waals surface area contributed by atoms with E-state index in [4.69, 9.17) is 19.4 Å². The van der Waals surface area contributed by atoms with Crippen molar-refractivity contribution in [2.45, 2.75) is 44.9 Å². The van der Waals surface area contributed by atoms with Crippen molar-refractivity contribution in [3.63, 3.8) is 0 Å². The first-order valence-electron chi connectivity index (χ1n) is 9.94. The monoisotopic (exact) mass is 410 g/mol.